The van der Waals surface area contributed by atoms with Crippen LogP contribution in [0.3, 0.4) is 0 Å². The molecule has 0 aromatic rings. The summed E-state index contributed by atoms with van der Waals surface area (Å²) in [7, 11) is 0. The van der Waals surface area contributed by atoms with E-state index in [4.69, 9.17) is 0 Å². The molecule has 2 rings (SSSR count). The second-order valence-corrected chi connectivity index (χ2v) is 3.12. The maximum absolute atomic E-state index is 11.3. The molecule has 12 heavy (non-hydrogen) atoms. The van der Waals surface area contributed by atoms with Crippen LogP contribution in [0, 0.1) is 0 Å². The second kappa shape index (κ2) is 2.66. The van der Waals surface area contributed by atoms with Gasteiger partial charge in [0.25, 0.3) is 0 Å². The number of Topliss-reactive ketones (excluding diaryl/α,β-unsaturated/α-hetero) is 1. The van der Waals surface area contributed by atoms with E-state index < -0.39 is 0 Å². The molecule has 3 heteroatoms. The van der Waals surface area contributed by atoms with Crippen LogP contribution in [0.1, 0.15) is 25.7 Å². The highest BCUT2D eigenvalue weighted by Gasteiger charge is 2.23. The first-order chi connectivity index (χ1) is 5.77. The number of aliphatic imine (C=N–C) groups is 1. The smallest absolute Gasteiger partial charge is 0.249 e. The first kappa shape index (κ1) is 7.40. The van der Waals surface area contributed by atoms with Gasteiger partial charge in [-0.25, -0.2) is 4.99 Å². The van der Waals surface area contributed by atoms with Crippen molar-refractivity contribution in [3.63, 3.8) is 0 Å². The summed E-state index contributed by atoms with van der Waals surface area (Å²) in [6, 6.07) is 0. The van der Waals surface area contributed by atoms with Crippen molar-refractivity contribution in [2.24, 2.45) is 4.99 Å². The van der Waals surface area contributed by atoms with Crippen LogP contribution in [0.4, 0.5) is 0 Å². The fourth-order valence-electron chi connectivity index (χ4n) is 1.64. The Hall–Kier alpha value is -1.25. The molecule has 0 N–H and O–H groups in total. The van der Waals surface area contributed by atoms with Crippen molar-refractivity contribution in [2.45, 2.75) is 25.7 Å². The van der Waals surface area contributed by atoms with E-state index in [0.717, 1.165) is 18.4 Å². The van der Waals surface area contributed by atoms with Crippen molar-refractivity contribution in [1.29, 1.82) is 0 Å². The minimum absolute atomic E-state index is 0.122. The zero-order chi connectivity index (χ0) is 8.55. The fourth-order valence-corrected chi connectivity index (χ4v) is 1.64. The first-order valence-corrected chi connectivity index (χ1v) is 4.09. The molecule has 0 saturated heterocycles. The van der Waals surface area contributed by atoms with E-state index >= 15 is 0 Å². The highest BCUT2D eigenvalue weighted by atomic mass is 16.1. The van der Waals surface area contributed by atoms with Crippen LogP contribution in [-0.2, 0) is 9.59 Å². The summed E-state index contributed by atoms with van der Waals surface area (Å²) in [6.07, 6.45) is 4.18. The average molecular weight is 163 g/mol. The number of amides is 1. The molecule has 0 atom stereocenters. The Morgan fingerprint density at radius 1 is 1.25 bits per heavy atom. The van der Waals surface area contributed by atoms with Crippen LogP contribution in [-0.4, -0.2) is 17.9 Å². The summed E-state index contributed by atoms with van der Waals surface area (Å²) in [6.45, 7) is 0. The van der Waals surface area contributed by atoms with Crippen molar-refractivity contribution < 1.29 is 9.59 Å². The quantitative estimate of drug-likeness (QED) is 0.535. The zero-order valence-electron chi connectivity index (χ0n) is 6.67. The molecule has 0 unspecified atom stereocenters. The molecule has 62 valence electrons. The second-order valence-electron chi connectivity index (χ2n) is 3.12. The van der Waals surface area contributed by atoms with Gasteiger partial charge in [-0.15, -0.1) is 0 Å². The molecule has 0 saturated carbocycles. The van der Waals surface area contributed by atoms with E-state index in [2.05, 4.69) is 4.99 Å². The lowest BCUT2D eigenvalue weighted by Crippen LogP contribution is -2.18. The summed E-state index contributed by atoms with van der Waals surface area (Å²) in [5.41, 5.74) is 1.69. The summed E-state index contributed by atoms with van der Waals surface area (Å²) in [5, 5.41) is 0. The van der Waals surface area contributed by atoms with Crippen LogP contribution in [0.25, 0.3) is 0 Å². The predicted octanol–water partition coefficient (Wildman–Crippen LogP) is 1.04. The zero-order valence-corrected chi connectivity index (χ0v) is 6.67. The monoisotopic (exact) mass is 163 g/mol. The molecule has 3 nitrogen and oxygen atoms in total. The molecule has 0 fully saturated rings. The van der Waals surface area contributed by atoms with Gasteiger partial charge in [0.1, 0.15) is 0 Å². The predicted molar refractivity (Wildman–Crippen MR) is 44.0 cm³/mol. The standard InChI is InChI=1S/C9H9NO2/c11-8-3-1-2-6-4-9(12)10-5-7(6)8/h5H,1-4H2. The van der Waals surface area contributed by atoms with Gasteiger partial charge in [-0.2, -0.15) is 0 Å². The first-order valence-electron chi connectivity index (χ1n) is 4.09. The van der Waals surface area contributed by atoms with Crippen LogP contribution >= 0.6 is 0 Å². The normalized spacial score (nSPS) is 23.0. The van der Waals surface area contributed by atoms with Crippen LogP contribution in [0.5, 0.6) is 0 Å². The van der Waals surface area contributed by atoms with Crippen LogP contribution < -0.4 is 0 Å². The Kier molecular flexibility index (Phi) is 1.64. The number of rotatable bonds is 0. The third kappa shape index (κ3) is 1.11. The number of nitrogens with zero attached hydrogens (tertiary/aromatic N) is 1. The van der Waals surface area contributed by atoms with Gasteiger partial charge in [-0.1, -0.05) is 0 Å². The number of carbonyl (C=O) groups excluding carboxylic acids is 2. The lowest BCUT2D eigenvalue weighted by molar-refractivity contribution is -0.117. The molecule has 1 aliphatic heterocycles. The molecule has 1 heterocycles. The van der Waals surface area contributed by atoms with E-state index in [1.54, 1.807) is 0 Å². The van der Waals surface area contributed by atoms with Crippen molar-refractivity contribution in [1.82, 2.24) is 0 Å². The topological polar surface area (TPSA) is 46.5 Å². The molecular weight excluding hydrogens is 154 g/mol. The van der Waals surface area contributed by atoms with Crippen molar-refractivity contribution in [3.8, 4) is 0 Å². The number of ketones is 1. The Balaban J connectivity index is 2.37. The summed E-state index contributed by atoms with van der Waals surface area (Å²) in [5.74, 6) is 0.0240. The van der Waals surface area contributed by atoms with Crippen LogP contribution in [0.2, 0.25) is 0 Å². The minimum Gasteiger partial charge on any atom is -0.294 e. The molecule has 0 radical (unpaired) electrons. The Morgan fingerprint density at radius 3 is 2.92 bits per heavy atom. The number of hydrogen-bond donors (Lipinski definition) is 0. The highest BCUT2D eigenvalue weighted by Crippen LogP contribution is 2.26. The molecular formula is C9H9NO2. The molecule has 0 bridgehead atoms. The van der Waals surface area contributed by atoms with Gasteiger partial charge in [-0.3, -0.25) is 9.59 Å². The maximum atomic E-state index is 11.3. The molecule has 0 spiro atoms. The summed E-state index contributed by atoms with van der Waals surface area (Å²) >= 11 is 0. The number of carbonyl (C=O) groups is 2. The van der Waals surface area contributed by atoms with E-state index in [-0.39, 0.29) is 11.7 Å². The van der Waals surface area contributed by atoms with Gasteiger partial charge >= 0.3 is 0 Å². The van der Waals surface area contributed by atoms with Crippen molar-refractivity contribution in [2.75, 3.05) is 0 Å². The highest BCUT2D eigenvalue weighted by molar-refractivity contribution is 6.18. The SMILES string of the molecule is O=C1CC2=C(C=N1)C(=O)CCC2. The Labute approximate surface area is 70.2 Å². The van der Waals surface area contributed by atoms with Crippen LogP contribution in [0.15, 0.2) is 16.1 Å². The van der Waals surface area contributed by atoms with Gasteiger partial charge in [0.2, 0.25) is 5.91 Å². The third-order valence-electron chi connectivity index (χ3n) is 2.27. The van der Waals surface area contributed by atoms with E-state index in [9.17, 15) is 9.59 Å². The molecule has 1 amide bonds. The van der Waals surface area contributed by atoms with E-state index in [1.807, 2.05) is 0 Å². The van der Waals surface area contributed by atoms with Crippen molar-refractivity contribution >= 4 is 17.9 Å². The van der Waals surface area contributed by atoms with Gasteiger partial charge in [0.15, 0.2) is 5.78 Å². The average Bonchev–Trinajstić information content (AvgIpc) is 2.04. The number of dihydropyridines is 1. The fraction of sp³-hybridized carbons (Fsp3) is 0.444. The Bertz CT molecular complexity index is 312. The Morgan fingerprint density at radius 2 is 2.08 bits per heavy atom. The molecule has 1 aliphatic carbocycles. The number of hydrogen-bond acceptors (Lipinski definition) is 2. The van der Waals surface area contributed by atoms with E-state index in [1.165, 1.54) is 6.21 Å². The summed E-state index contributed by atoms with van der Waals surface area (Å²) in [4.78, 5) is 25.8. The molecule has 0 aromatic carbocycles. The lowest BCUT2D eigenvalue weighted by atomic mass is 9.88. The molecule has 2 aliphatic rings. The largest absolute Gasteiger partial charge is 0.294 e. The lowest BCUT2D eigenvalue weighted by Gasteiger charge is -2.17. The molecule has 0 aromatic heterocycles. The number of allylic oxidation sites excluding steroid dienone is 1. The minimum atomic E-state index is -0.122. The third-order valence-corrected chi connectivity index (χ3v) is 2.27. The van der Waals surface area contributed by atoms with Gasteiger partial charge in [0, 0.05) is 18.2 Å². The maximum Gasteiger partial charge on any atom is 0.249 e. The van der Waals surface area contributed by atoms with Crippen molar-refractivity contribution in [3.05, 3.63) is 11.1 Å². The van der Waals surface area contributed by atoms with Gasteiger partial charge < -0.3 is 0 Å². The van der Waals surface area contributed by atoms with E-state index in [0.29, 0.717) is 18.4 Å². The van der Waals surface area contributed by atoms with Gasteiger partial charge in [0.05, 0.1) is 6.42 Å². The van der Waals surface area contributed by atoms with Gasteiger partial charge in [-0.05, 0) is 18.4 Å². The summed E-state index contributed by atoms with van der Waals surface area (Å²) < 4.78 is 0.